The highest BCUT2D eigenvalue weighted by molar-refractivity contribution is 5.73. The van der Waals surface area contributed by atoms with E-state index in [1.54, 1.807) is 6.92 Å². The molecule has 0 saturated carbocycles. The Bertz CT molecular complexity index is 515. The maximum atomic E-state index is 11.8. The summed E-state index contributed by atoms with van der Waals surface area (Å²) in [4.78, 5) is 20.6. The number of hydrogen-bond donors (Lipinski definition) is 0. The third-order valence-corrected chi connectivity index (χ3v) is 4.83. The molecular formula is C14H22N4O2. The van der Waals surface area contributed by atoms with Crippen molar-refractivity contribution in [2.45, 2.75) is 32.6 Å². The van der Waals surface area contributed by atoms with Gasteiger partial charge < -0.3 is 14.3 Å². The first-order valence-electron chi connectivity index (χ1n) is 7.34. The van der Waals surface area contributed by atoms with Crippen molar-refractivity contribution in [3.63, 3.8) is 0 Å². The van der Waals surface area contributed by atoms with Crippen molar-refractivity contribution in [1.29, 1.82) is 0 Å². The van der Waals surface area contributed by atoms with Crippen LogP contribution in [-0.4, -0.2) is 58.6 Å². The minimum Gasteiger partial charge on any atom is -0.342 e. The number of aryl methyl sites for hydroxylation is 1. The van der Waals surface area contributed by atoms with E-state index in [2.05, 4.69) is 22.0 Å². The molecular weight excluding hydrogens is 256 g/mol. The second kappa shape index (κ2) is 4.84. The number of fused-ring (bicyclic) bond motifs is 1. The Morgan fingerprint density at radius 2 is 2.30 bits per heavy atom. The van der Waals surface area contributed by atoms with Crippen molar-refractivity contribution in [2.24, 2.45) is 5.92 Å². The monoisotopic (exact) mass is 278 g/mol. The van der Waals surface area contributed by atoms with Gasteiger partial charge in [0.2, 0.25) is 11.8 Å². The van der Waals surface area contributed by atoms with Crippen LogP contribution in [0, 0.1) is 12.8 Å². The summed E-state index contributed by atoms with van der Waals surface area (Å²) in [6, 6.07) is 0. The third kappa shape index (κ3) is 2.02. The van der Waals surface area contributed by atoms with Crippen molar-refractivity contribution < 1.29 is 9.32 Å². The molecule has 2 atom stereocenters. The fourth-order valence-electron chi connectivity index (χ4n) is 3.68. The standard InChI is InChI=1S/C14H22N4O2/c1-4-17-7-12-5-6-18(11(3)19)9-14(12,8-17)13-15-10(2)16-20-13/h12H,4-9H2,1-3H3/t12-,14+/m0/s1. The summed E-state index contributed by atoms with van der Waals surface area (Å²) in [5.41, 5.74) is -0.179. The molecule has 110 valence electrons. The number of aromatic nitrogens is 2. The minimum absolute atomic E-state index is 0.133. The van der Waals surface area contributed by atoms with Crippen LogP contribution in [0.4, 0.5) is 0 Å². The Morgan fingerprint density at radius 1 is 1.50 bits per heavy atom. The van der Waals surface area contributed by atoms with Gasteiger partial charge in [-0.1, -0.05) is 12.1 Å². The van der Waals surface area contributed by atoms with Gasteiger partial charge >= 0.3 is 0 Å². The lowest BCUT2D eigenvalue weighted by Crippen LogP contribution is -2.53. The minimum atomic E-state index is -0.179. The first-order chi connectivity index (χ1) is 9.55. The van der Waals surface area contributed by atoms with Crippen LogP contribution in [0.15, 0.2) is 4.52 Å². The van der Waals surface area contributed by atoms with Gasteiger partial charge in [-0.05, 0) is 25.8 Å². The summed E-state index contributed by atoms with van der Waals surface area (Å²) in [6.45, 7) is 10.2. The Kier molecular flexibility index (Phi) is 3.28. The van der Waals surface area contributed by atoms with Crippen molar-refractivity contribution in [1.82, 2.24) is 19.9 Å². The maximum Gasteiger partial charge on any atom is 0.236 e. The fraction of sp³-hybridized carbons (Fsp3) is 0.786. The van der Waals surface area contributed by atoms with Crippen molar-refractivity contribution in [3.8, 4) is 0 Å². The normalized spacial score (nSPS) is 30.6. The molecule has 0 unspecified atom stereocenters. The van der Waals surface area contributed by atoms with Gasteiger partial charge in [0.15, 0.2) is 5.82 Å². The maximum absolute atomic E-state index is 11.8. The van der Waals surface area contributed by atoms with Gasteiger partial charge in [0.25, 0.3) is 0 Å². The molecule has 3 heterocycles. The van der Waals surface area contributed by atoms with Crippen LogP contribution in [0.5, 0.6) is 0 Å². The lowest BCUT2D eigenvalue weighted by molar-refractivity contribution is -0.131. The van der Waals surface area contributed by atoms with Crippen LogP contribution in [0.3, 0.4) is 0 Å². The number of hydrogen-bond acceptors (Lipinski definition) is 5. The van der Waals surface area contributed by atoms with Crippen LogP contribution in [0.1, 0.15) is 32.0 Å². The molecule has 0 spiro atoms. The van der Waals surface area contributed by atoms with Gasteiger partial charge in [0, 0.05) is 33.1 Å². The number of carbonyl (C=O) groups is 1. The topological polar surface area (TPSA) is 62.5 Å². The zero-order valence-electron chi connectivity index (χ0n) is 12.4. The first-order valence-corrected chi connectivity index (χ1v) is 7.34. The molecule has 2 aliphatic heterocycles. The van der Waals surface area contributed by atoms with Crippen LogP contribution in [0.25, 0.3) is 0 Å². The largest absolute Gasteiger partial charge is 0.342 e. The van der Waals surface area contributed by atoms with Gasteiger partial charge in [0.05, 0.1) is 5.41 Å². The molecule has 2 aliphatic rings. The van der Waals surface area contributed by atoms with E-state index in [-0.39, 0.29) is 11.3 Å². The summed E-state index contributed by atoms with van der Waals surface area (Å²) >= 11 is 0. The summed E-state index contributed by atoms with van der Waals surface area (Å²) < 4.78 is 5.50. The molecule has 0 aromatic carbocycles. The van der Waals surface area contributed by atoms with Crippen molar-refractivity contribution in [2.75, 3.05) is 32.7 Å². The molecule has 1 aromatic rings. The number of amides is 1. The summed E-state index contributed by atoms with van der Waals surface area (Å²) in [5.74, 6) is 2.01. The molecule has 0 radical (unpaired) electrons. The molecule has 0 bridgehead atoms. The van der Waals surface area contributed by atoms with Crippen molar-refractivity contribution in [3.05, 3.63) is 11.7 Å². The summed E-state index contributed by atoms with van der Waals surface area (Å²) in [5, 5.41) is 3.96. The Morgan fingerprint density at radius 3 is 2.90 bits per heavy atom. The van der Waals surface area contributed by atoms with E-state index in [0.717, 1.165) is 32.6 Å². The Labute approximate surface area is 119 Å². The number of rotatable bonds is 2. The molecule has 3 rings (SSSR count). The first kappa shape index (κ1) is 13.5. The van der Waals surface area contributed by atoms with Gasteiger partial charge in [-0.2, -0.15) is 4.98 Å². The molecule has 2 fully saturated rings. The van der Waals surface area contributed by atoms with E-state index in [1.165, 1.54) is 0 Å². The van der Waals surface area contributed by atoms with E-state index in [9.17, 15) is 4.79 Å². The van der Waals surface area contributed by atoms with E-state index < -0.39 is 0 Å². The zero-order valence-corrected chi connectivity index (χ0v) is 12.4. The molecule has 1 aromatic heterocycles. The van der Waals surface area contributed by atoms with E-state index in [0.29, 0.717) is 24.2 Å². The predicted molar refractivity (Wildman–Crippen MR) is 73.2 cm³/mol. The lowest BCUT2D eigenvalue weighted by Gasteiger charge is -2.41. The lowest BCUT2D eigenvalue weighted by atomic mass is 9.73. The van der Waals surface area contributed by atoms with Crippen molar-refractivity contribution >= 4 is 5.91 Å². The molecule has 1 amide bonds. The second-order valence-electron chi connectivity index (χ2n) is 6.06. The van der Waals surface area contributed by atoms with E-state index in [4.69, 9.17) is 4.52 Å². The molecule has 0 aliphatic carbocycles. The quantitative estimate of drug-likeness (QED) is 0.801. The van der Waals surface area contributed by atoms with E-state index in [1.807, 2.05) is 11.8 Å². The highest BCUT2D eigenvalue weighted by Crippen LogP contribution is 2.43. The molecule has 20 heavy (non-hydrogen) atoms. The average molecular weight is 278 g/mol. The third-order valence-electron chi connectivity index (χ3n) is 4.83. The zero-order chi connectivity index (χ0) is 14.3. The molecule has 6 nitrogen and oxygen atoms in total. The van der Waals surface area contributed by atoms with Gasteiger partial charge in [-0.15, -0.1) is 0 Å². The highest BCUT2D eigenvalue weighted by Gasteiger charge is 2.54. The Balaban J connectivity index is 1.97. The number of piperidine rings is 1. The summed E-state index contributed by atoms with van der Waals surface area (Å²) in [6.07, 6.45) is 1.01. The van der Waals surface area contributed by atoms with E-state index >= 15 is 0 Å². The van der Waals surface area contributed by atoms with Crippen LogP contribution in [-0.2, 0) is 10.2 Å². The number of likely N-dealkylation sites (tertiary alicyclic amines) is 2. The van der Waals surface area contributed by atoms with Gasteiger partial charge in [0.1, 0.15) is 0 Å². The molecule has 2 saturated heterocycles. The highest BCUT2D eigenvalue weighted by atomic mass is 16.5. The van der Waals surface area contributed by atoms with Gasteiger partial charge in [-0.3, -0.25) is 4.79 Å². The molecule has 0 N–H and O–H groups in total. The molecule has 6 heteroatoms. The average Bonchev–Trinajstić information content (AvgIpc) is 3.01. The van der Waals surface area contributed by atoms with Crippen LogP contribution < -0.4 is 0 Å². The number of nitrogens with zero attached hydrogens (tertiary/aromatic N) is 4. The second-order valence-corrected chi connectivity index (χ2v) is 6.06. The predicted octanol–water partition coefficient (Wildman–Crippen LogP) is 0.820. The SMILES string of the molecule is CCN1C[C@@H]2CCN(C(C)=O)C[C@]2(c2nc(C)no2)C1. The Hall–Kier alpha value is -1.43. The smallest absolute Gasteiger partial charge is 0.236 e. The summed E-state index contributed by atoms with van der Waals surface area (Å²) in [7, 11) is 0. The fourth-order valence-corrected chi connectivity index (χ4v) is 3.68. The van der Waals surface area contributed by atoms with Crippen LogP contribution >= 0.6 is 0 Å². The van der Waals surface area contributed by atoms with Crippen LogP contribution in [0.2, 0.25) is 0 Å². The number of likely N-dealkylation sites (N-methyl/N-ethyl adjacent to an activating group) is 1. The number of carbonyl (C=O) groups excluding carboxylic acids is 1. The van der Waals surface area contributed by atoms with Gasteiger partial charge in [-0.25, -0.2) is 0 Å².